The number of methoxy groups -OCH3 is 1. The van der Waals surface area contributed by atoms with Gasteiger partial charge in [-0.25, -0.2) is 0 Å². The van der Waals surface area contributed by atoms with Crippen molar-refractivity contribution in [3.05, 3.63) is 54.1 Å². The van der Waals surface area contributed by atoms with Crippen molar-refractivity contribution in [2.75, 3.05) is 33.9 Å². The van der Waals surface area contributed by atoms with Crippen LogP contribution < -0.4 is 10.1 Å². The Bertz CT molecular complexity index is 820. The third-order valence-corrected chi connectivity index (χ3v) is 4.97. The van der Waals surface area contributed by atoms with Crippen molar-refractivity contribution in [2.45, 2.75) is 18.9 Å². The molecule has 1 N–H and O–H groups in total. The molecule has 0 aliphatic carbocycles. The molecule has 28 heavy (non-hydrogen) atoms. The van der Waals surface area contributed by atoms with Crippen molar-refractivity contribution in [2.24, 2.45) is 0 Å². The number of para-hydroxylation sites is 1. The molecule has 6 nitrogen and oxygen atoms in total. The monoisotopic (exact) mass is 382 g/mol. The Morgan fingerprint density at radius 2 is 1.89 bits per heavy atom. The zero-order valence-electron chi connectivity index (χ0n) is 16.3. The van der Waals surface area contributed by atoms with E-state index in [-0.39, 0.29) is 24.5 Å². The highest BCUT2D eigenvalue weighted by molar-refractivity contribution is 5.95. The van der Waals surface area contributed by atoms with Crippen LogP contribution in [0.4, 0.5) is 0 Å². The van der Waals surface area contributed by atoms with Crippen LogP contribution in [-0.4, -0.2) is 56.7 Å². The summed E-state index contributed by atoms with van der Waals surface area (Å²) in [6, 6.07) is 15.0. The second-order valence-electron chi connectivity index (χ2n) is 6.79. The Hall–Kier alpha value is -2.86. The lowest BCUT2D eigenvalue weighted by molar-refractivity contribution is -0.122. The number of likely N-dealkylation sites (N-methyl/N-ethyl adjacent to an activating group) is 1. The summed E-state index contributed by atoms with van der Waals surface area (Å²) in [4.78, 5) is 26.1. The zero-order valence-corrected chi connectivity index (χ0v) is 16.3. The number of carbonyl (C=O) groups excluding carboxylic acids is 2. The maximum atomic E-state index is 12.8. The van der Waals surface area contributed by atoms with E-state index in [1.54, 1.807) is 14.2 Å². The molecule has 2 amide bonds. The molecule has 148 valence electrons. The third kappa shape index (κ3) is 4.70. The molecule has 1 atom stereocenters. The summed E-state index contributed by atoms with van der Waals surface area (Å²) < 4.78 is 11.0. The van der Waals surface area contributed by atoms with Crippen LogP contribution in [0.3, 0.4) is 0 Å². The lowest BCUT2D eigenvalue weighted by Gasteiger charge is -2.32. The van der Waals surface area contributed by atoms with Gasteiger partial charge in [0.1, 0.15) is 5.75 Å². The first-order valence-electron chi connectivity index (χ1n) is 9.47. The van der Waals surface area contributed by atoms with Crippen LogP contribution in [0.5, 0.6) is 5.75 Å². The highest BCUT2D eigenvalue weighted by atomic mass is 16.5. The Labute approximate surface area is 165 Å². The van der Waals surface area contributed by atoms with Gasteiger partial charge >= 0.3 is 0 Å². The van der Waals surface area contributed by atoms with Gasteiger partial charge in [0.15, 0.2) is 6.61 Å². The fraction of sp³-hybridized carbons (Fsp3) is 0.364. The molecule has 0 saturated carbocycles. The molecule has 0 aromatic heterocycles. The van der Waals surface area contributed by atoms with Crippen LogP contribution in [0.15, 0.2) is 48.5 Å². The van der Waals surface area contributed by atoms with Gasteiger partial charge in [-0.05, 0) is 36.6 Å². The van der Waals surface area contributed by atoms with Gasteiger partial charge in [-0.1, -0.05) is 30.3 Å². The van der Waals surface area contributed by atoms with E-state index in [1.165, 1.54) is 0 Å². The number of piperidine rings is 1. The van der Waals surface area contributed by atoms with Gasteiger partial charge in [0, 0.05) is 38.4 Å². The van der Waals surface area contributed by atoms with E-state index < -0.39 is 0 Å². The van der Waals surface area contributed by atoms with E-state index in [9.17, 15) is 9.59 Å². The predicted octanol–water partition coefficient (Wildman–Crippen LogP) is 2.73. The number of hydrogen-bond acceptors (Lipinski definition) is 4. The standard InChI is InChI=1S/C22H26N2O4/c1-23-21(25)15-28-20-8-4-3-7-19(20)16-9-11-17(12-10-16)22(26)24-13-5-6-18(14-24)27-2/h3-4,7-12,18H,5-6,13-15H2,1-2H3,(H,23,25)/t18-/m1/s1. The molecule has 0 spiro atoms. The van der Waals surface area contributed by atoms with Gasteiger partial charge in [0.2, 0.25) is 0 Å². The summed E-state index contributed by atoms with van der Waals surface area (Å²) in [5.74, 6) is 0.466. The normalized spacial score (nSPS) is 16.5. The molecular weight excluding hydrogens is 356 g/mol. The van der Waals surface area contributed by atoms with E-state index >= 15 is 0 Å². The summed E-state index contributed by atoms with van der Waals surface area (Å²) in [5, 5.41) is 2.54. The SMILES string of the molecule is CNC(=O)COc1ccccc1-c1ccc(C(=O)N2CCC[C@@H](OC)C2)cc1. The van der Waals surface area contributed by atoms with Crippen LogP contribution in [0.1, 0.15) is 23.2 Å². The first kappa shape index (κ1) is 19.9. The molecule has 1 aliphatic rings. The van der Waals surface area contributed by atoms with E-state index in [1.807, 2.05) is 53.4 Å². The van der Waals surface area contributed by atoms with Gasteiger partial charge in [0.05, 0.1) is 6.10 Å². The van der Waals surface area contributed by atoms with Crippen LogP contribution in [0, 0.1) is 0 Å². The number of rotatable bonds is 6. The lowest BCUT2D eigenvalue weighted by Crippen LogP contribution is -2.42. The maximum Gasteiger partial charge on any atom is 0.257 e. The van der Waals surface area contributed by atoms with Gasteiger partial charge in [-0.15, -0.1) is 0 Å². The fourth-order valence-electron chi connectivity index (χ4n) is 3.34. The fourth-order valence-corrected chi connectivity index (χ4v) is 3.34. The van der Waals surface area contributed by atoms with Crippen molar-refractivity contribution in [1.82, 2.24) is 10.2 Å². The average molecular weight is 382 g/mol. The van der Waals surface area contributed by atoms with E-state index in [2.05, 4.69) is 5.32 Å². The Morgan fingerprint density at radius 1 is 1.14 bits per heavy atom. The molecule has 0 unspecified atom stereocenters. The number of benzene rings is 2. The van der Waals surface area contributed by atoms with E-state index in [0.29, 0.717) is 17.9 Å². The summed E-state index contributed by atoms with van der Waals surface area (Å²) in [5.41, 5.74) is 2.46. The molecule has 1 heterocycles. The predicted molar refractivity (Wildman–Crippen MR) is 107 cm³/mol. The lowest BCUT2D eigenvalue weighted by atomic mass is 10.0. The maximum absolute atomic E-state index is 12.8. The number of carbonyl (C=O) groups is 2. The van der Waals surface area contributed by atoms with Crippen molar-refractivity contribution < 1.29 is 19.1 Å². The minimum Gasteiger partial charge on any atom is -0.483 e. The minimum absolute atomic E-state index is 0.0254. The highest BCUT2D eigenvalue weighted by Gasteiger charge is 2.24. The quantitative estimate of drug-likeness (QED) is 0.834. The number of hydrogen-bond donors (Lipinski definition) is 1. The first-order valence-corrected chi connectivity index (χ1v) is 9.47. The van der Waals surface area contributed by atoms with Crippen molar-refractivity contribution in [1.29, 1.82) is 0 Å². The molecule has 6 heteroatoms. The summed E-state index contributed by atoms with van der Waals surface area (Å²) >= 11 is 0. The number of nitrogens with one attached hydrogen (secondary N) is 1. The van der Waals surface area contributed by atoms with Crippen LogP contribution in [-0.2, 0) is 9.53 Å². The second kappa shape index (κ2) is 9.37. The number of likely N-dealkylation sites (tertiary alicyclic amines) is 1. The molecule has 1 saturated heterocycles. The molecular formula is C22H26N2O4. The minimum atomic E-state index is -0.188. The molecule has 0 radical (unpaired) electrons. The Kier molecular flexibility index (Phi) is 6.66. The molecule has 0 bridgehead atoms. The van der Waals surface area contributed by atoms with Crippen molar-refractivity contribution in [3.8, 4) is 16.9 Å². The average Bonchev–Trinajstić information content (AvgIpc) is 2.77. The Balaban J connectivity index is 1.74. The zero-order chi connectivity index (χ0) is 19.9. The van der Waals surface area contributed by atoms with Crippen molar-refractivity contribution >= 4 is 11.8 Å². The molecule has 2 aromatic rings. The molecule has 1 aliphatic heterocycles. The summed E-state index contributed by atoms with van der Waals surface area (Å²) in [6.07, 6.45) is 2.06. The van der Waals surface area contributed by atoms with Gasteiger partial charge in [-0.3, -0.25) is 9.59 Å². The largest absolute Gasteiger partial charge is 0.483 e. The summed E-state index contributed by atoms with van der Waals surface area (Å²) in [7, 11) is 3.27. The smallest absolute Gasteiger partial charge is 0.257 e. The highest BCUT2D eigenvalue weighted by Crippen LogP contribution is 2.30. The third-order valence-electron chi connectivity index (χ3n) is 4.97. The number of ether oxygens (including phenoxy) is 2. The second-order valence-corrected chi connectivity index (χ2v) is 6.79. The molecule has 1 fully saturated rings. The molecule has 3 rings (SSSR count). The Morgan fingerprint density at radius 3 is 2.61 bits per heavy atom. The topological polar surface area (TPSA) is 67.9 Å². The number of nitrogens with zero attached hydrogens (tertiary/aromatic N) is 1. The number of amides is 2. The van der Waals surface area contributed by atoms with Crippen LogP contribution >= 0.6 is 0 Å². The van der Waals surface area contributed by atoms with Crippen molar-refractivity contribution in [3.63, 3.8) is 0 Å². The summed E-state index contributed by atoms with van der Waals surface area (Å²) in [6.45, 7) is 1.35. The van der Waals surface area contributed by atoms with Gasteiger partial charge < -0.3 is 19.7 Å². The van der Waals surface area contributed by atoms with E-state index in [4.69, 9.17) is 9.47 Å². The van der Waals surface area contributed by atoms with Crippen LogP contribution in [0.25, 0.3) is 11.1 Å². The van der Waals surface area contributed by atoms with Gasteiger partial charge in [-0.2, -0.15) is 0 Å². The van der Waals surface area contributed by atoms with Crippen LogP contribution in [0.2, 0.25) is 0 Å². The molecule has 2 aromatic carbocycles. The van der Waals surface area contributed by atoms with E-state index in [0.717, 1.165) is 30.5 Å². The van der Waals surface area contributed by atoms with Gasteiger partial charge in [0.25, 0.3) is 11.8 Å². The first-order chi connectivity index (χ1) is 13.6.